The summed E-state index contributed by atoms with van der Waals surface area (Å²) in [6, 6.07) is 12.5. The molecule has 1 amide bonds. The summed E-state index contributed by atoms with van der Waals surface area (Å²) in [5, 5.41) is 12.3. The third kappa shape index (κ3) is 6.24. The number of likely N-dealkylation sites (tertiary alicyclic amines) is 1. The Labute approximate surface area is 150 Å². The first-order chi connectivity index (χ1) is 12.1. The highest BCUT2D eigenvalue weighted by Gasteiger charge is 2.25. The number of nitriles is 1. The van der Waals surface area contributed by atoms with Gasteiger partial charge in [-0.05, 0) is 44.8 Å². The zero-order valence-corrected chi connectivity index (χ0v) is 15.2. The lowest BCUT2D eigenvalue weighted by Gasteiger charge is -2.32. The third-order valence-electron chi connectivity index (χ3n) is 4.57. The first-order valence-electron chi connectivity index (χ1n) is 8.91. The minimum Gasteiger partial charge on any atom is -0.388 e. The smallest absolute Gasteiger partial charge is 0.265 e. The molecule has 5 heteroatoms. The molecule has 0 unspecified atom stereocenters. The molecule has 0 aromatic heterocycles. The second kappa shape index (κ2) is 9.85. The van der Waals surface area contributed by atoms with Crippen molar-refractivity contribution in [2.75, 3.05) is 40.3 Å². The fourth-order valence-electron chi connectivity index (χ4n) is 3.06. The van der Waals surface area contributed by atoms with Crippen LogP contribution in [0.25, 0.3) is 0 Å². The van der Waals surface area contributed by atoms with E-state index in [1.54, 1.807) is 6.20 Å². The third-order valence-corrected chi connectivity index (χ3v) is 4.57. The van der Waals surface area contributed by atoms with Crippen molar-refractivity contribution in [1.29, 1.82) is 5.26 Å². The maximum absolute atomic E-state index is 12.5. The zero-order valence-electron chi connectivity index (χ0n) is 15.2. The van der Waals surface area contributed by atoms with E-state index in [9.17, 15) is 10.1 Å². The number of nitrogens with one attached hydrogen (secondary N) is 1. The van der Waals surface area contributed by atoms with Crippen molar-refractivity contribution in [3.63, 3.8) is 0 Å². The van der Waals surface area contributed by atoms with Gasteiger partial charge in [-0.2, -0.15) is 5.26 Å². The topological polar surface area (TPSA) is 59.4 Å². The van der Waals surface area contributed by atoms with Crippen LogP contribution in [0.4, 0.5) is 0 Å². The van der Waals surface area contributed by atoms with Crippen LogP contribution in [0.3, 0.4) is 0 Å². The monoisotopic (exact) mass is 340 g/mol. The van der Waals surface area contributed by atoms with E-state index < -0.39 is 0 Å². The number of hydrogen-bond donors (Lipinski definition) is 1. The highest BCUT2D eigenvalue weighted by atomic mass is 16.2. The number of likely N-dealkylation sites (N-methyl/N-ethyl adjacent to an activating group) is 1. The number of hydrogen-bond acceptors (Lipinski definition) is 4. The van der Waals surface area contributed by atoms with Gasteiger partial charge in [-0.1, -0.05) is 30.3 Å². The lowest BCUT2D eigenvalue weighted by atomic mass is 9.90. The summed E-state index contributed by atoms with van der Waals surface area (Å²) in [5.41, 5.74) is 1.55. The molecule has 134 valence electrons. The Hall–Kier alpha value is -2.32. The van der Waals surface area contributed by atoms with Crippen LogP contribution in [-0.4, -0.2) is 56.0 Å². The van der Waals surface area contributed by atoms with Crippen molar-refractivity contribution in [3.8, 4) is 6.07 Å². The van der Waals surface area contributed by atoms with E-state index in [0.717, 1.165) is 38.9 Å². The van der Waals surface area contributed by atoms with E-state index in [1.165, 1.54) is 5.56 Å². The lowest BCUT2D eigenvalue weighted by Crippen LogP contribution is -2.39. The van der Waals surface area contributed by atoms with Crippen LogP contribution < -0.4 is 5.32 Å². The number of carbonyl (C=O) groups is 1. The molecule has 0 bridgehead atoms. The molecule has 1 aliphatic rings. The Kier molecular flexibility index (Phi) is 7.49. The molecule has 1 N–H and O–H groups in total. The van der Waals surface area contributed by atoms with Crippen LogP contribution in [0.2, 0.25) is 0 Å². The number of rotatable bonds is 7. The number of nitrogens with zero attached hydrogens (tertiary/aromatic N) is 3. The predicted octanol–water partition coefficient (Wildman–Crippen LogP) is 2.03. The molecule has 0 atom stereocenters. The fourth-order valence-corrected chi connectivity index (χ4v) is 3.06. The Morgan fingerprint density at radius 1 is 1.32 bits per heavy atom. The number of amides is 1. The molecule has 0 spiro atoms. The van der Waals surface area contributed by atoms with Crippen LogP contribution in [0, 0.1) is 17.2 Å². The van der Waals surface area contributed by atoms with E-state index in [-0.39, 0.29) is 11.5 Å². The van der Waals surface area contributed by atoms with Gasteiger partial charge in [0.2, 0.25) is 0 Å². The van der Waals surface area contributed by atoms with Crippen molar-refractivity contribution in [2.45, 2.75) is 19.3 Å². The van der Waals surface area contributed by atoms with E-state index in [1.807, 2.05) is 36.0 Å². The molecule has 1 saturated heterocycles. The van der Waals surface area contributed by atoms with Crippen LogP contribution >= 0.6 is 0 Å². The van der Waals surface area contributed by atoms with Crippen molar-refractivity contribution in [2.24, 2.45) is 5.92 Å². The average Bonchev–Trinajstić information content (AvgIpc) is 2.62. The lowest BCUT2D eigenvalue weighted by molar-refractivity contribution is -0.128. The molecule has 0 radical (unpaired) electrons. The quantitative estimate of drug-likeness (QED) is 0.469. The van der Waals surface area contributed by atoms with Gasteiger partial charge >= 0.3 is 0 Å². The minimum atomic E-state index is -0.155. The Balaban J connectivity index is 1.81. The minimum absolute atomic E-state index is 0.155. The molecule has 1 aromatic carbocycles. The number of benzene rings is 1. The van der Waals surface area contributed by atoms with Crippen molar-refractivity contribution < 1.29 is 4.79 Å². The Bertz CT molecular complexity index is 610. The molecule has 0 saturated carbocycles. The van der Waals surface area contributed by atoms with Gasteiger partial charge in [0.1, 0.15) is 11.6 Å². The second-order valence-electron chi connectivity index (χ2n) is 6.85. The standard InChI is InChI=1S/C20H28N4O/c1-23(2)13-10-22-16-19(15-21)20(25)24-11-8-18(9-12-24)14-17-6-4-3-5-7-17/h3-7,16,18,22H,8-14H2,1-2H3/b19-16-. The summed E-state index contributed by atoms with van der Waals surface area (Å²) in [6.07, 6.45) is 4.61. The van der Waals surface area contributed by atoms with Gasteiger partial charge < -0.3 is 15.1 Å². The van der Waals surface area contributed by atoms with E-state index in [2.05, 4.69) is 29.6 Å². The SMILES string of the molecule is CN(C)CCN/C=C(/C#N)C(=O)N1CCC(Cc2ccccc2)CC1. The molecule has 5 nitrogen and oxygen atoms in total. The summed E-state index contributed by atoms with van der Waals surface area (Å²) < 4.78 is 0. The van der Waals surface area contributed by atoms with E-state index in [4.69, 9.17) is 0 Å². The Morgan fingerprint density at radius 3 is 2.60 bits per heavy atom. The Morgan fingerprint density at radius 2 is 2.00 bits per heavy atom. The van der Waals surface area contributed by atoms with Gasteiger partial charge in [0.05, 0.1) is 0 Å². The van der Waals surface area contributed by atoms with Crippen LogP contribution in [0.15, 0.2) is 42.1 Å². The summed E-state index contributed by atoms with van der Waals surface area (Å²) >= 11 is 0. The molecule has 1 heterocycles. The van der Waals surface area contributed by atoms with Crippen LogP contribution in [0.1, 0.15) is 18.4 Å². The van der Waals surface area contributed by atoms with Crippen LogP contribution in [0.5, 0.6) is 0 Å². The molecular weight excluding hydrogens is 312 g/mol. The summed E-state index contributed by atoms with van der Waals surface area (Å²) in [7, 11) is 3.97. The first kappa shape index (κ1) is 19.0. The molecule has 0 aliphatic carbocycles. The van der Waals surface area contributed by atoms with Crippen molar-refractivity contribution >= 4 is 5.91 Å². The zero-order chi connectivity index (χ0) is 18.1. The molecule has 1 aromatic rings. The predicted molar refractivity (Wildman–Crippen MR) is 99.7 cm³/mol. The van der Waals surface area contributed by atoms with E-state index >= 15 is 0 Å². The summed E-state index contributed by atoms with van der Waals surface area (Å²) in [5.74, 6) is 0.456. The average molecular weight is 340 g/mol. The summed E-state index contributed by atoms with van der Waals surface area (Å²) in [6.45, 7) is 3.03. The normalized spacial score (nSPS) is 15.9. The fraction of sp³-hybridized carbons (Fsp3) is 0.500. The highest BCUT2D eigenvalue weighted by Crippen LogP contribution is 2.22. The summed E-state index contributed by atoms with van der Waals surface area (Å²) in [4.78, 5) is 16.4. The largest absolute Gasteiger partial charge is 0.388 e. The van der Waals surface area contributed by atoms with Crippen molar-refractivity contribution in [1.82, 2.24) is 15.1 Å². The number of carbonyl (C=O) groups excluding carboxylic acids is 1. The highest BCUT2D eigenvalue weighted by molar-refractivity contribution is 5.97. The van der Waals surface area contributed by atoms with Gasteiger partial charge in [0.25, 0.3) is 5.91 Å². The maximum atomic E-state index is 12.5. The molecular formula is C20H28N4O. The molecule has 25 heavy (non-hydrogen) atoms. The van der Waals surface area contributed by atoms with Gasteiger partial charge in [-0.25, -0.2) is 0 Å². The number of piperidine rings is 1. The maximum Gasteiger partial charge on any atom is 0.265 e. The van der Waals surface area contributed by atoms with Gasteiger partial charge in [0.15, 0.2) is 0 Å². The van der Waals surface area contributed by atoms with Gasteiger partial charge in [-0.15, -0.1) is 0 Å². The molecule has 1 fully saturated rings. The van der Waals surface area contributed by atoms with Gasteiger partial charge in [0, 0.05) is 32.4 Å². The first-order valence-corrected chi connectivity index (χ1v) is 8.91. The second-order valence-corrected chi connectivity index (χ2v) is 6.85. The van der Waals surface area contributed by atoms with Gasteiger partial charge in [-0.3, -0.25) is 4.79 Å². The van der Waals surface area contributed by atoms with Crippen LogP contribution in [-0.2, 0) is 11.2 Å². The molecule has 2 rings (SSSR count). The van der Waals surface area contributed by atoms with E-state index in [0.29, 0.717) is 12.5 Å². The van der Waals surface area contributed by atoms with Crippen molar-refractivity contribution in [3.05, 3.63) is 47.7 Å². The molecule has 1 aliphatic heterocycles.